The van der Waals surface area contributed by atoms with Gasteiger partial charge in [0, 0.05) is 24.3 Å². The number of rotatable bonds is 7. The third-order valence-corrected chi connectivity index (χ3v) is 5.37. The number of amides is 2. The van der Waals surface area contributed by atoms with Crippen molar-refractivity contribution in [2.24, 2.45) is 5.92 Å². The van der Waals surface area contributed by atoms with Gasteiger partial charge in [-0.15, -0.1) is 0 Å². The summed E-state index contributed by atoms with van der Waals surface area (Å²) in [4.78, 5) is 50.2. The van der Waals surface area contributed by atoms with Gasteiger partial charge in [-0.1, -0.05) is 12.1 Å². The molecule has 2 amide bonds. The first-order valence-electron chi connectivity index (χ1n) is 10.4. The molecule has 8 heteroatoms. The van der Waals surface area contributed by atoms with Crippen molar-refractivity contribution in [3.05, 3.63) is 59.2 Å². The monoisotopic (exact) mass is 438 g/mol. The van der Waals surface area contributed by atoms with Crippen LogP contribution in [0.15, 0.2) is 42.5 Å². The van der Waals surface area contributed by atoms with E-state index in [1.165, 1.54) is 4.90 Å². The van der Waals surface area contributed by atoms with E-state index in [1.54, 1.807) is 37.3 Å². The van der Waals surface area contributed by atoms with Gasteiger partial charge in [0.2, 0.25) is 5.91 Å². The van der Waals surface area contributed by atoms with E-state index in [1.807, 2.05) is 26.0 Å². The first-order chi connectivity index (χ1) is 15.3. The molecule has 2 aromatic rings. The van der Waals surface area contributed by atoms with Crippen molar-refractivity contribution in [3.8, 4) is 0 Å². The fraction of sp³-hybridized carbons (Fsp3) is 0.333. The second kappa shape index (κ2) is 10.1. The van der Waals surface area contributed by atoms with Crippen LogP contribution in [0.25, 0.3) is 0 Å². The Morgan fingerprint density at radius 2 is 1.78 bits per heavy atom. The first kappa shape index (κ1) is 23.0. The van der Waals surface area contributed by atoms with Crippen LogP contribution in [0.1, 0.15) is 34.8 Å². The van der Waals surface area contributed by atoms with Crippen LogP contribution in [-0.4, -0.2) is 43.5 Å². The van der Waals surface area contributed by atoms with Crippen LogP contribution in [0.5, 0.6) is 0 Å². The Balaban J connectivity index is 1.54. The molecule has 0 bridgehead atoms. The molecule has 1 aliphatic heterocycles. The molecule has 0 aromatic heterocycles. The number of carbonyl (C=O) groups excluding carboxylic acids is 4. The van der Waals surface area contributed by atoms with Crippen LogP contribution in [0.4, 0.5) is 11.4 Å². The van der Waals surface area contributed by atoms with Crippen molar-refractivity contribution in [3.63, 3.8) is 0 Å². The molecular formula is C24H26N2O6. The topological polar surface area (TPSA) is 102 Å². The fourth-order valence-electron chi connectivity index (χ4n) is 3.43. The highest BCUT2D eigenvalue weighted by atomic mass is 16.5. The zero-order valence-corrected chi connectivity index (χ0v) is 18.3. The molecule has 3 rings (SSSR count). The van der Waals surface area contributed by atoms with Gasteiger partial charge in [0.15, 0.2) is 6.61 Å². The second-order valence-electron chi connectivity index (χ2n) is 7.58. The largest absolute Gasteiger partial charge is 0.462 e. The number of hydrogen-bond donors (Lipinski definition) is 1. The number of anilines is 2. The maximum Gasteiger partial charge on any atom is 0.338 e. The van der Waals surface area contributed by atoms with Crippen LogP contribution in [0, 0.1) is 19.8 Å². The van der Waals surface area contributed by atoms with E-state index in [2.05, 4.69) is 5.32 Å². The minimum Gasteiger partial charge on any atom is -0.462 e. The van der Waals surface area contributed by atoms with Crippen LogP contribution in [0.3, 0.4) is 0 Å². The SMILES string of the molecule is CCOC(=O)c1ccc(N2C[C@@H](C(=O)OCC(=O)Nc3cccc(C)c3C)CC2=O)cc1. The standard InChI is InChI=1S/C24H26N2O6/c1-4-31-23(29)17-8-10-19(11-9-17)26-13-18(12-22(26)28)24(30)32-14-21(27)25-20-7-5-6-15(2)16(20)3/h5-11,18H,4,12-14H2,1-3H3,(H,25,27)/t18-/m0/s1. The Hall–Kier alpha value is -3.68. The molecule has 0 radical (unpaired) electrons. The maximum atomic E-state index is 12.4. The lowest BCUT2D eigenvalue weighted by atomic mass is 10.1. The van der Waals surface area contributed by atoms with Crippen LogP contribution < -0.4 is 10.2 Å². The number of nitrogens with zero attached hydrogens (tertiary/aromatic N) is 1. The van der Waals surface area contributed by atoms with Gasteiger partial charge in [-0.25, -0.2) is 4.79 Å². The van der Waals surface area contributed by atoms with Crippen LogP contribution in [-0.2, 0) is 23.9 Å². The maximum absolute atomic E-state index is 12.4. The Kier molecular flexibility index (Phi) is 7.25. The van der Waals surface area contributed by atoms with Gasteiger partial charge < -0.3 is 19.7 Å². The molecule has 1 atom stereocenters. The summed E-state index contributed by atoms with van der Waals surface area (Å²) in [6, 6.07) is 12.0. The average Bonchev–Trinajstić information content (AvgIpc) is 3.17. The molecule has 2 aromatic carbocycles. The number of benzene rings is 2. The van der Waals surface area contributed by atoms with Gasteiger partial charge in [-0.05, 0) is 62.2 Å². The molecule has 1 N–H and O–H groups in total. The summed E-state index contributed by atoms with van der Waals surface area (Å²) in [6.07, 6.45) is -0.00291. The third-order valence-electron chi connectivity index (χ3n) is 5.37. The van der Waals surface area contributed by atoms with Crippen molar-refractivity contribution in [2.75, 3.05) is 30.0 Å². The molecule has 1 fully saturated rings. The third kappa shape index (κ3) is 5.32. The number of esters is 2. The highest BCUT2D eigenvalue weighted by Gasteiger charge is 2.36. The summed E-state index contributed by atoms with van der Waals surface area (Å²) in [5.41, 5.74) is 3.61. The smallest absolute Gasteiger partial charge is 0.338 e. The predicted molar refractivity (Wildman–Crippen MR) is 118 cm³/mol. The summed E-state index contributed by atoms with van der Waals surface area (Å²) in [7, 11) is 0. The van der Waals surface area contributed by atoms with Crippen molar-refractivity contribution in [1.29, 1.82) is 0 Å². The summed E-state index contributed by atoms with van der Waals surface area (Å²) in [6.45, 7) is 5.56. The highest BCUT2D eigenvalue weighted by molar-refractivity contribution is 6.00. The average molecular weight is 438 g/mol. The molecule has 0 aliphatic carbocycles. The predicted octanol–water partition coefficient (Wildman–Crippen LogP) is 3.01. The van der Waals surface area contributed by atoms with Crippen molar-refractivity contribution >= 4 is 35.1 Å². The minimum atomic E-state index is -0.666. The van der Waals surface area contributed by atoms with E-state index in [-0.39, 0.29) is 25.5 Å². The molecule has 0 spiro atoms. The molecule has 168 valence electrons. The number of carbonyl (C=O) groups is 4. The number of ether oxygens (including phenoxy) is 2. The van der Waals surface area contributed by atoms with Crippen LogP contribution in [0.2, 0.25) is 0 Å². The van der Waals surface area contributed by atoms with E-state index >= 15 is 0 Å². The Morgan fingerprint density at radius 1 is 1.06 bits per heavy atom. The van der Waals surface area contributed by atoms with Gasteiger partial charge in [-0.2, -0.15) is 0 Å². The molecular weight excluding hydrogens is 412 g/mol. The van der Waals surface area contributed by atoms with E-state index in [4.69, 9.17) is 9.47 Å². The lowest BCUT2D eigenvalue weighted by molar-refractivity contribution is -0.151. The first-order valence-corrected chi connectivity index (χ1v) is 10.4. The van der Waals surface area contributed by atoms with E-state index in [9.17, 15) is 19.2 Å². The number of hydrogen-bond acceptors (Lipinski definition) is 6. The lowest BCUT2D eigenvalue weighted by Crippen LogP contribution is -2.28. The Bertz CT molecular complexity index is 1030. The van der Waals surface area contributed by atoms with E-state index in [0.717, 1.165) is 11.1 Å². The lowest BCUT2D eigenvalue weighted by Gasteiger charge is -2.17. The van der Waals surface area contributed by atoms with E-state index < -0.39 is 30.4 Å². The van der Waals surface area contributed by atoms with E-state index in [0.29, 0.717) is 16.9 Å². The van der Waals surface area contributed by atoms with Crippen molar-refractivity contribution in [1.82, 2.24) is 0 Å². The summed E-state index contributed by atoms with van der Waals surface area (Å²) in [5, 5.41) is 2.73. The van der Waals surface area contributed by atoms with Gasteiger partial charge in [-0.3, -0.25) is 14.4 Å². The molecule has 1 aliphatic rings. The highest BCUT2D eigenvalue weighted by Crippen LogP contribution is 2.26. The quantitative estimate of drug-likeness (QED) is 0.667. The van der Waals surface area contributed by atoms with Gasteiger partial charge in [0.05, 0.1) is 18.1 Å². The molecule has 32 heavy (non-hydrogen) atoms. The molecule has 0 unspecified atom stereocenters. The summed E-state index contributed by atoms with van der Waals surface area (Å²) in [5.74, 6) is -2.37. The number of nitrogens with one attached hydrogen (secondary N) is 1. The summed E-state index contributed by atoms with van der Waals surface area (Å²) >= 11 is 0. The molecule has 8 nitrogen and oxygen atoms in total. The molecule has 1 heterocycles. The summed E-state index contributed by atoms with van der Waals surface area (Å²) < 4.78 is 10.1. The molecule has 0 saturated carbocycles. The normalized spacial score (nSPS) is 15.4. The van der Waals surface area contributed by atoms with Crippen LogP contribution >= 0.6 is 0 Å². The molecule has 1 saturated heterocycles. The second-order valence-corrected chi connectivity index (χ2v) is 7.58. The Morgan fingerprint density at radius 3 is 2.47 bits per heavy atom. The van der Waals surface area contributed by atoms with Crippen molar-refractivity contribution in [2.45, 2.75) is 27.2 Å². The minimum absolute atomic E-state index is 0.00291. The zero-order valence-electron chi connectivity index (χ0n) is 18.3. The zero-order chi connectivity index (χ0) is 23.3. The van der Waals surface area contributed by atoms with Gasteiger partial charge in [0.25, 0.3) is 5.91 Å². The fourth-order valence-corrected chi connectivity index (χ4v) is 3.43. The van der Waals surface area contributed by atoms with Gasteiger partial charge >= 0.3 is 11.9 Å². The number of aryl methyl sites for hydroxylation is 1. The van der Waals surface area contributed by atoms with Gasteiger partial charge in [0.1, 0.15) is 0 Å². The Labute approximate surface area is 186 Å². The van der Waals surface area contributed by atoms with Crippen molar-refractivity contribution < 1.29 is 28.7 Å².